The summed E-state index contributed by atoms with van der Waals surface area (Å²) < 4.78 is 0. The molecule has 2 unspecified atom stereocenters. The van der Waals surface area contributed by atoms with Gasteiger partial charge in [0, 0.05) is 17.1 Å². The summed E-state index contributed by atoms with van der Waals surface area (Å²) in [6, 6.07) is 17.8. The van der Waals surface area contributed by atoms with Gasteiger partial charge in [-0.25, -0.2) is 0 Å². The molecule has 104 valence electrons. The van der Waals surface area contributed by atoms with Crippen molar-refractivity contribution in [2.75, 3.05) is 0 Å². The Morgan fingerprint density at radius 3 is 2.85 bits per heavy atom. The molecule has 2 aromatic carbocycles. The van der Waals surface area contributed by atoms with Crippen molar-refractivity contribution in [1.29, 1.82) is 0 Å². The first-order valence-corrected chi connectivity index (χ1v) is 7.75. The van der Waals surface area contributed by atoms with Crippen LogP contribution in [0.5, 0.6) is 0 Å². The summed E-state index contributed by atoms with van der Waals surface area (Å²) in [5.41, 5.74) is 4.24. The highest BCUT2D eigenvalue weighted by atomic mass is 35.5. The normalized spacial score (nSPS) is 18.8. The number of hydrogen-bond acceptors (Lipinski definition) is 1. The van der Waals surface area contributed by atoms with Crippen LogP contribution in [0.2, 0.25) is 5.02 Å². The number of halogens is 1. The van der Waals surface area contributed by atoms with Crippen LogP contribution in [0.25, 0.3) is 0 Å². The highest BCUT2D eigenvalue weighted by Gasteiger charge is 2.24. The summed E-state index contributed by atoms with van der Waals surface area (Å²) >= 11 is 6.12. The van der Waals surface area contributed by atoms with E-state index in [9.17, 15) is 0 Å². The minimum atomic E-state index is 0.366. The van der Waals surface area contributed by atoms with Crippen LogP contribution in [0.4, 0.5) is 0 Å². The molecule has 0 saturated heterocycles. The van der Waals surface area contributed by atoms with Gasteiger partial charge in [0.25, 0.3) is 0 Å². The largest absolute Gasteiger partial charge is 0.303 e. The summed E-state index contributed by atoms with van der Waals surface area (Å²) in [5.74, 6) is 0. The molecule has 0 radical (unpaired) electrons. The fourth-order valence-electron chi connectivity index (χ4n) is 3.15. The molecule has 1 aliphatic rings. The summed E-state index contributed by atoms with van der Waals surface area (Å²) in [7, 11) is 0. The minimum absolute atomic E-state index is 0.366. The fourth-order valence-corrected chi connectivity index (χ4v) is 3.34. The monoisotopic (exact) mass is 285 g/mol. The molecule has 1 N–H and O–H groups in total. The zero-order valence-electron chi connectivity index (χ0n) is 11.8. The van der Waals surface area contributed by atoms with E-state index in [1.54, 1.807) is 0 Å². The maximum Gasteiger partial charge on any atom is 0.0409 e. The second-order valence-corrected chi connectivity index (χ2v) is 5.91. The first-order valence-electron chi connectivity index (χ1n) is 7.37. The third-order valence-electron chi connectivity index (χ3n) is 4.19. The molecule has 0 heterocycles. The zero-order valence-corrected chi connectivity index (χ0v) is 12.5. The Morgan fingerprint density at radius 1 is 1.20 bits per heavy atom. The van der Waals surface area contributed by atoms with Crippen molar-refractivity contribution in [3.63, 3.8) is 0 Å². The molecule has 0 aromatic heterocycles. The molecule has 2 atom stereocenters. The Balaban J connectivity index is 1.80. The van der Waals surface area contributed by atoms with E-state index in [1.165, 1.54) is 29.5 Å². The van der Waals surface area contributed by atoms with Crippen LogP contribution in [-0.2, 0) is 6.42 Å². The second-order valence-electron chi connectivity index (χ2n) is 5.47. The van der Waals surface area contributed by atoms with Gasteiger partial charge >= 0.3 is 0 Å². The van der Waals surface area contributed by atoms with Crippen LogP contribution < -0.4 is 5.32 Å². The number of benzene rings is 2. The number of rotatable bonds is 4. The smallest absolute Gasteiger partial charge is 0.0409 e. The third-order valence-corrected chi connectivity index (χ3v) is 4.43. The average molecular weight is 286 g/mol. The molecule has 1 nitrogen and oxygen atoms in total. The summed E-state index contributed by atoms with van der Waals surface area (Å²) in [5, 5.41) is 4.62. The lowest BCUT2D eigenvalue weighted by atomic mass is 10.0. The maximum atomic E-state index is 6.12. The molecule has 0 amide bonds. The van der Waals surface area contributed by atoms with Crippen molar-refractivity contribution >= 4 is 11.6 Å². The Morgan fingerprint density at radius 2 is 2.05 bits per heavy atom. The van der Waals surface area contributed by atoms with Crippen molar-refractivity contribution in [3.8, 4) is 0 Å². The highest BCUT2D eigenvalue weighted by molar-refractivity contribution is 6.30. The third kappa shape index (κ3) is 2.74. The number of hydrogen-bond donors (Lipinski definition) is 1. The quantitative estimate of drug-likeness (QED) is 0.827. The zero-order chi connectivity index (χ0) is 13.9. The van der Waals surface area contributed by atoms with Gasteiger partial charge in [-0.05, 0) is 48.1 Å². The first kappa shape index (κ1) is 13.7. The Hall–Kier alpha value is -1.31. The number of aryl methyl sites for hydroxylation is 1. The maximum absolute atomic E-state index is 6.12. The predicted octanol–water partition coefficient (Wildman–Crippen LogP) is 5.07. The molecule has 0 spiro atoms. The molecule has 0 saturated carbocycles. The van der Waals surface area contributed by atoms with E-state index in [2.05, 4.69) is 48.6 Å². The molecular formula is C18H20ClN. The highest BCUT2D eigenvalue weighted by Crippen LogP contribution is 2.33. The SMILES string of the molecule is CCC(NC1CCc2ccccc21)c1cccc(Cl)c1. The summed E-state index contributed by atoms with van der Waals surface area (Å²) in [4.78, 5) is 0. The lowest BCUT2D eigenvalue weighted by Crippen LogP contribution is -2.24. The number of fused-ring (bicyclic) bond motifs is 1. The molecule has 2 aromatic rings. The van der Waals surface area contributed by atoms with Crippen molar-refractivity contribution in [3.05, 3.63) is 70.2 Å². The van der Waals surface area contributed by atoms with Crippen molar-refractivity contribution in [2.24, 2.45) is 0 Å². The standard InChI is InChI=1S/C18H20ClN/c1-2-17(14-7-5-8-15(19)12-14)20-18-11-10-13-6-3-4-9-16(13)18/h3-9,12,17-18,20H,2,10-11H2,1H3. The molecular weight excluding hydrogens is 266 g/mol. The molecule has 0 fully saturated rings. The van der Waals surface area contributed by atoms with Crippen molar-refractivity contribution in [1.82, 2.24) is 5.32 Å². The van der Waals surface area contributed by atoms with E-state index >= 15 is 0 Å². The van der Waals surface area contributed by atoms with Gasteiger partial charge in [0.15, 0.2) is 0 Å². The minimum Gasteiger partial charge on any atom is -0.303 e. The van der Waals surface area contributed by atoms with Gasteiger partial charge in [-0.15, -0.1) is 0 Å². The van der Waals surface area contributed by atoms with Gasteiger partial charge in [0.2, 0.25) is 0 Å². The molecule has 0 bridgehead atoms. The Labute approximate surface area is 126 Å². The second kappa shape index (κ2) is 5.99. The van der Waals surface area contributed by atoms with Gasteiger partial charge < -0.3 is 5.32 Å². The average Bonchev–Trinajstić information content (AvgIpc) is 2.88. The van der Waals surface area contributed by atoms with Crippen molar-refractivity contribution in [2.45, 2.75) is 38.3 Å². The van der Waals surface area contributed by atoms with Gasteiger partial charge in [-0.1, -0.05) is 54.9 Å². The first-order chi connectivity index (χ1) is 9.78. The van der Waals surface area contributed by atoms with Gasteiger partial charge in [0.1, 0.15) is 0 Å². The summed E-state index contributed by atoms with van der Waals surface area (Å²) in [6.07, 6.45) is 3.44. The van der Waals surface area contributed by atoms with E-state index in [4.69, 9.17) is 11.6 Å². The van der Waals surface area contributed by atoms with Crippen LogP contribution in [0, 0.1) is 0 Å². The lowest BCUT2D eigenvalue weighted by Gasteiger charge is -2.23. The van der Waals surface area contributed by atoms with Gasteiger partial charge in [-0.2, -0.15) is 0 Å². The van der Waals surface area contributed by atoms with Gasteiger partial charge in [-0.3, -0.25) is 0 Å². The van der Waals surface area contributed by atoms with Crippen LogP contribution in [0.15, 0.2) is 48.5 Å². The van der Waals surface area contributed by atoms with Crippen LogP contribution in [0.3, 0.4) is 0 Å². The van der Waals surface area contributed by atoms with E-state index in [0.29, 0.717) is 12.1 Å². The van der Waals surface area contributed by atoms with Crippen molar-refractivity contribution < 1.29 is 0 Å². The van der Waals surface area contributed by atoms with E-state index in [1.807, 2.05) is 12.1 Å². The van der Waals surface area contributed by atoms with Crippen LogP contribution in [0.1, 0.15) is 48.5 Å². The van der Waals surface area contributed by atoms with E-state index in [-0.39, 0.29) is 0 Å². The molecule has 3 rings (SSSR count). The van der Waals surface area contributed by atoms with Gasteiger partial charge in [0.05, 0.1) is 0 Å². The Kier molecular flexibility index (Phi) is 4.09. The molecule has 1 aliphatic carbocycles. The Bertz CT molecular complexity index is 593. The van der Waals surface area contributed by atoms with Crippen LogP contribution in [-0.4, -0.2) is 0 Å². The molecule has 20 heavy (non-hydrogen) atoms. The van der Waals surface area contributed by atoms with E-state index in [0.717, 1.165) is 11.4 Å². The topological polar surface area (TPSA) is 12.0 Å². The predicted molar refractivity (Wildman–Crippen MR) is 85.1 cm³/mol. The molecule has 0 aliphatic heterocycles. The number of nitrogens with one attached hydrogen (secondary N) is 1. The van der Waals surface area contributed by atoms with E-state index < -0.39 is 0 Å². The lowest BCUT2D eigenvalue weighted by molar-refractivity contribution is 0.433. The summed E-state index contributed by atoms with van der Waals surface area (Å²) in [6.45, 7) is 2.22. The van der Waals surface area contributed by atoms with Crippen LogP contribution >= 0.6 is 11.6 Å². The fraction of sp³-hybridized carbons (Fsp3) is 0.333. The molecule has 2 heteroatoms.